The molecule has 3 aromatic rings. The van der Waals surface area contributed by atoms with E-state index in [1.54, 1.807) is 11.3 Å². The number of carbonyl (C=O) groups is 1. The average molecular weight is 396 g/mol. The van der Waals surface area contributed by atoms with E-state index in [1.807, 2.05) is 80.6 Å². The maximum Gasteiger partial charge on any atom is 0.253 e. The normalized spacial score (nSPS) is 13.2. The lowest BCUT2D eigenvalue weighted by Crippen LogP contribution is -2.29. The molecule has 0 aliphatic rings. The highest BCUT2D eigenvalue weighted by Gasteiger charge is 2.19. The van der Waals surface area contributed by atoms with E-state index < -0.39 is 0 Å². The van der Waals surface area contributed by atoms with Gasteiger partial charge in [-0.15, -0.1) is 11.3 Å². The molecular formula is C21H21N3OS2. The van der Waals surface area contributed by atoms with Gasteiger partial charge in [0.05, 0.1) is 21.2 Å². The molecule has 0 aliphatic heterocycles. The zero-order valence-corrected chi connectivity index (χ0v) is 16.9. The zero-order chi connectivity index (χ0) is 19.1. The molecule has 0 unspecified atom stereocenters. The van der Waals surface area contributed by atoms with Crippen LogP contribution in [-0.2, 0) is 4.79 Å². The summed E-state index contributed by atoms with van der Waals surface area (Å²) in [4.78, 5) is 17.1. The van der Waals surface area contributed by atoms with E-state index >= 15 is 0 Å². The Morgan fingerprint density at radius 2 is 1.96 bits per heavy atom. The van der Waals surface area contributed by atoms with E-state index in [9.17, 15) is 4.79 Å². The van der Waals surface area contributed by atoms with Crippen LogP contribution in [0.1, 0.15) is 25.8 Å². The average Bonchev–Trinajstić information content (AvgIpc) is 3.12. The number of hydrazone groups is 1. The van der Waals surface area contributed by atoms with E-state index in [2.05, 4.69) is 15.5 Å². The van der Waals surface area contributed by atoms with Crippen molar-refractivity contribution < 1.29 is 4.79 Å². The lowest BCUT2D eigenvalue weighted by molar-refractivity contribution is -0.120. The molecule has 2 aromatic carbocycles. The van der Waals surface area contributed by atoms with Crippen LogP contribution in [0.2, 0.25) is 0 Å². The fourth-order valence-electron chi connectivity index (χ4n) is 2.38. The summed E-state index contributed by atoms with van der Waals surface area (Å²) in [6, 6.07) is 18.0. The van der Waals surface area contributed by atoms with Crippen molar-refractivity contribution in [3.63, 3.8) is 0 Å². The fraction of sp³-hybridized carbons (Fsp3) is 0.190. The smallest absolute Gasteiger partial charge is 0.253 e. The van der Waals surface area contributed by atoms with Crippen LogP contribution in [0.4, 0.5) is 0 Å². The number of fused-ring (bicyclic) bond motifs is 1. The van der Waals surface area contributed by atoms with Crippen molar-refractivity contribution in [2.75, 3.05) is 0 Å². The van der Waals surface area contributed by atoms with Crippen molar-refractivity contribution in [3.8, 4) is 0 Å². The Balaban J connectivity index is 1.60. The first kappa shape index (κ1) is 19.3. The molecule has 138 valence electrons. The third-order valence-corrected chi connectivity index (χ3v) is 6.33. The van der Waals surface area contributed by atoms with Crippen LogP contribution in [0.3, 0.4) is 0 Å². The minimum absolute atomic E-state index is 0.103. The molecule has 0 spiro atoms. The van der Waals surface area contributed by atoms with E-state index in [0.717, 1.165) is 25.8 Å². The lowest BCUT2D eigenvalue weighted by atomic mass is 10.2. The number of nitrogens with one attached hydrogen (secondary N) is 1. The third-order valence-electron chi connectivity index (χ3n) is 3.84. The number of benzene rings is 2. The molecule has 3 rings (SSSR count). The SMILES string of the molecule is CC[C@H](Sc1nc2ccccc2s1)C(=O)N/N=C(C)\C=C\c1ccccc1. The Hall–Kier alpha value is -2.44. The fourth-order valence-corrected chi connectivity index (χ4v) is 4.61. The Labute approximate surface area is 167 Å². The number of para-hydroxylation sites is 1. The maximum absolute atomic E-state index is 12.5. The molecule has 27 heavy (non-hydrogen) atoms. The zero-order valence-electron chi connectivity index (χ0n) is 15.3. The highest BCUT2D eigenvalue weighted by Crippen LogP contribution is 2.33. The highest BCUT2D eigenvalue weighted by atomic mass is 32.2. The molecule has 0 fully saturated rings. The number of thioether (sulfide) groups is 1. The summed E-state index contributed by atoms with van der Waals surface area (Å²) in [6.07, 6.45) is 4.57. The Morgan fingerprint density at radius 1 is 1.22 bits per heavy atom. The van der Waals surface area contributed by atoms with Gasteiger partial charge in [0.25, 0.3) is 5.91 Å². The molecule has 1 heterocycles. The summed E-state index contributed by atoms with van der Waals surface area (Å²) in [6.45, 7) is 3.86. The quantitative estimate of drug-likeness (QED) is 0.332. The predicted molar refractivity (Wildman–Crippen MR) is 116 cm³/mol. The predicted octanol–water partition coefficient (Wildman–Crippen LogP) is 5.37. The minimum atomic E-state index is -0.222. The first-order chi connectivity index (χ1) is 13.2. The van der Waals surface area contributed by atoms with Gasteiger partial charge in [-0.05, 0) is 37.1 Å². The molecule has 1 atom stereocenters. The molecule has 1 aromatic heterocycles. The number of nitrogens with zero attached hydrogens (tertiary/aromatic N) is 2. The van der Waals surface area contributed by atoms with Crippen molar-refractivity contribution in [1.29, 1.82) is 0 Å². The van der Waals surface area contributed by atoms with Gasteiger partial charge in [-0.2, -0.15) is 5.10 Å². The van der Waals surface area contributed by atoms with Gasteiger partial charge in [0.1, 0.15) is 0 Å². The third kappa shape index (κ3) is 5.52. The second kappa shape index (κ2) is 9.48. The van der Waals surface area contributed by atoms with Gasteiger partial charge >= 0.3 is 0 Å². The molecular weight excluding hydrogens is 374 g/mol. The second-order valence-electron chi connectivity index (χ2n) is 5.94. The molecule has 0 aliphatic carbocycles. The second-order valence-corrected chi connectivity index (χ2v) is 8.42. The lowest BCUT2D eigenvalue weighted by Gasteiger charge is -2.10. The molecule has 0 bridgehead atoms. The summed E-state index contributed by atoms with van der Waals surface area (Å²) in [5, 5.41) is 3.97. The van der Waals surface area contributed by atoms with Gasteiger partial charge < -0.3 is 0 Å². The summed E-state index contributed by atoms with van der Waals surface area (Å²) in [7, 11) is 0. The van der Waals surface area contributed by atoms with Gasteiger partial charge in [-0.25, -0.2) is 10.4 Å². The van der Waals surface area contributed by atoms with Crippen LogP contribution in [0, 0.1) is 0 Å². The Kier molecular flexibility index (Phi) is 6.79. The minimum Gasteiger partial charge on any atom is -0.272 e. The monoisotopic (exact) mass is 395 g/mol. The largest absolute Gasteiger partial charge is 0.272 e. The molecule has 4 nitrogen and oxygen atoms in total. The standard InChI is InChI=1S/C21H21N3OS2/c1-3-18(26-21-22-17-11-7-8-12-19(17)27-21)20(25)24-23-15(2)13-14-16-9-5-4-6-10-16/h4-14,18H,3H2,1-2H3,(H,24,25)/b14-13+,23-15-/t18-/m0/s1. The Morgan fingerprint density at radius 3 is 2.70 bits per heavy atom. The van der Waals surface area contributed by atoms with Crippen LogP contribution in [0.5, 0.6) is 0 Å². The molecule has 1 amide bonds. The number of aromatic nitrogens is 1. The van der Waals surface area contributed by atoms with Gasteiger partial charge in [-0.1, -0.05) is 67.2 Å². The van der Waals surface area contributed by atoms with Crippen molar-refractivity contribution >= 4 is 51.0 Å². The van der Waals surface area contributed by atoms with E-state index in [-0.39, 0.29) is 11.2 Å². The van der Waals surface area contributed by atoms with E-state index in [1.165, 1.54) is 11.8 Å². The number of carbonyl (C=O) groups excluding carboxylic acids is 1. The first-order valence-corrected chi connectivity index (χ1v) is 10.4. The highest BCUT2D eigenvalue weighted by molar-refractivity contribution is 8.02. The van der Waals surface area contributed by atoms with Gasteiger partial charge in [0.15, 0.2) is 4.34 Å². The molecule has 1 N–H and O–H groups in total. The summed E-state index contributed by atoms with van der Waals surface area (Å²) in [5.74, 6) is -0.103. The van der Waals surface area contributed by atoms with Crippen LogP contribution in [-0.4, -0.2) is 21.9 Å². The van der Waals surface area contributed by atoms with Gasteiger partial charge in [0, 0.05) is 0 Å². The van der Waals surface area contributed by atoms with Crippen LogP contribution < -0.4 is 5.43 Å². The molecule has 0 saturated carbocycles. The first-order valence-electron chi connectivity index (χ1n) is 8.75. The van der Waals surface area contributed by atoms with Crippen molar-refractivity contribution in [1.82, 2.24) is 10.4 Å². The molecule has 6 heteroatoms. The number of allylic oxidation sites excluding steroid dienone is 1. The number of hydrogen-bond acceptors (Lipinski definition) is 5. The van der Waals surface area contributed by atoms with E-state index in [4.69, 9.17) is 0 Å². The molecule has 0 saturated heterocycles. The van der Waals surface area contributed by atoms with Crippen molar-refractivity contribution in [3.05, 3.63) is 66.2 Å². The maximum atomic E-state index is 12.5. The summed E-state index contributed by atoms with van der Waals surface area (Å²) >= 11 is 3.11. The van der Waals surface area contributed by atoms with Crippen LogP contribution in [0.15, 0.2) is 70.1 Å². The number of amides is 1. The van der Waals surface area contributed by atoms with Crippen LogP contribution in [0.25, 0.3) is 16.3 Å². The molecule has 0 radical (unpaired) electrons. The number of hydrogen-bond donors (Lipinski definition) is 1. The topological polar surface area (TPSA) is 54.4 Å². The van der Waals surface area contributed by atoms with Crippen molar-refractivity contribution in [2.24, 2.45) is 5.10 Å². The van der Waals surface area contributed by atoms with Gasteiger partial charge in [0.2, 0.25) is 0 Å². The summed E-state index contributed by atoms with van der Waals surface area (Å²) in [5.41, 5.74) is 5.49. The Bertz CT molecular complexity index is 931. The van der Waals surface area contributed by atoms with E-state index in [0.29, 0.717) is 6.42 Å². The van der Waals surface area contributed by atoms with Crippen LogP contribution >= 0.6 is 23.1 Å². The van der Waals surface area contributed by atoms with Gasteiger partial charge in [-0.3, -0.25) is 4.79 Å². The number of thiazole rings is 1. The summed E-state index contributed by atoms with van der Waals surface area (Å²) < 4.78 is 2.04. The number of rotatable bonds is 7. The van der Waals surface area contributed by atoms with Crippen molar-refractivity contribution in [2.45, 2.75) is 29.9 Å².